The van der Waals surface area contributed by atoms with E-state index >= 15 is 0 Å². The van der Waals surface area contributed by atoms with Gasteiger partial charge in [0.1, 0.15) is 0 Å². The molecule has 0 bridgehead atoms. The van der Waals surface area contributed by atoms with E-state index in [2.05, 4.69) is 10.6 Å². The smallest absolute Gasteiger partial charge is 0.264 e. The Hall–Kier alpha value is -2.90. The quantitative estimate of drug-likeness (QED) is 0.603. The maximum atomic E-state index is 13.1. The minimum absolute atomic E-state index is 0.261. The van der Waals surface area contributed by atoms with Gasteiger partial charge in [-0.15, -0.1) is 0 Å². The number of thiocarbonyl (C=S) groups is 1. The Kier molecular flexibility index (Phi) is 5.25. The number of para-hydroxylation sites is 1. The topological polar surface area (TPSA) is 61.4 Å². The van der Waals surface area contributed by atoms with E-state index in [1.54, 1.807) is 24.3 Å². The lowest BCUT2D eigenvalue weighted by Crippen LogP contribution is -2.29. The molecule has 0 unspecified atom stereocenters. The average molecular weight is 424 g/mol. The van der Waals surface area contributed by atoms with Crippen molar-refractivity contribution in [1.82, 2.24) is 0 Å². The zero-order chi connectivity index (χ0) is 20.4. The second kappa shape index (κ2) is 7.85. The standard InChI is InChI=1S/C22H21N3O2S2/c1-16-6-8-18(9-7-16)23-22(28)24-19-10-12-20(13-11-19)29(26,27)25-15-14-17-4-2-3-5-21(17)25/h2-13H,14-15H2,1H3,(H2,23,24,28). The third kappa shape index (κ3) is 4.11. The number of aryl methyl sites for hydroxylation is 1. The van der Waals surface area contributed by atoms with Crippen LogP contribution in [0, 0.1) is 6.92 Å². The number of rotatable bonds is 4. The van der Waals surface area contributed by atoms with E-state index < -0.39 is 10.0 Å². The second-order valence-corrected chi connectivity index (χ2v) is 9.20. The van der Waals surface area contributed by atoms with Crippen LogP contribution in [-0.4, -0.2) is 20.1 Å². The summed E-state index contributed by atoms with van der Waals surface area (Å²) in [7, 11) is -3.59. The predicted molar refractivity (Wildman–Crippen MR) is 122 cm³/mol. The van der Waals surface area contributed by atoms with Gasteiger partial charge in [0.05, 0.1) is 10.6 Å². The Labute approximate surface area is 176 Å². The summed E-state index contributed by atoms with van der Waals surface area (Å²) >= 11 is 5.34. The molecule has 3 aromatic rings. The van der Waals surface area contributed by atoms with Crippen molar-refractivity contribution in [2.24, 2.45) is 0 Å². The maximum absolute atomic E-state index is 13.1. The molecule has 2 N–H and O–H groups in total. The minimum atomic E-state index is -3.59. The third-order valence-electron chi connectivity index (χ3n) is 4.85. The number of fused-ring (bicyclic) bond motifs is 1. The molecule has 5 nitrogen and oxygen atoms in total. The van der Waals surface area contributed by atoms with E-state index in [9.17, 15) is 8.42 Å². The number of hydrogen-bond acceptors (Lipinski definition) is 3. The van der Waals surface area contributed by atoms with E-state index in [1.807, 2.05) is 55.5 Å². The molecule has 1 aliphatic heterocycles. The Balaban J connectivity index is 1.46. The SMILES string of the molecule is Cc1ccc(NC(=S)Nc2ccc(S(=O)(=O)N3CCc4ccccc43)cc2)cc1. The summed E-state index contributed by atoms with van der Waals surface area (Å²) in [6.07, 6.45) is 0.730. The van der Waals surface area contributed by atoms with Gasteiger partial charge in [0.2, 0.25) is 0 Å². The molecule has 3 aromatic carbocycles. The highest BCUT2D eigenvalue weighted by molar-refractivity contribution is 7.92. The molecule has 0 aliphatic carbocycles. The van der Waals surface area contributed by atoms with Gasteiger partial charge < -0.3 is 10.6 Å². The van der Waals surface area contributed by atoms with E-state index in [4.69, 9.17) is 12.2 Å². The largest absolute Gasteiger partial charge is 0.332 e. The van der Waals surface area contributed by atoms with Gasteiger partial charge in [-0.3, -0.25) is 4.31 Å². The molecule has 0 amide bonds. The van der Waals surface area contributed by atoms with Crippen molar-refractivity contribution in [3.8, 4) is 0 Å². The van der Waals surface area contributed by atoms with Gasteiger partial charge in [-0.25, -0.2) is 8.42 Å². The van der Waals surface area contributed by atoms with Crippen molar-refractivity contribution in [2.45, 2.75) is 18.2 Å². The van der Waals surface area contributed by atoms with E-state index in [-0.39, 0.29) is 4.90 Å². The van der Waals surface area contributed by atoms with Crippen LogP contribution < -0.4 is 14.9 Å². The predicted octanol–water partition coefficient (Wildman–Crippen LogP) is 4.56. The highest BCUT2D eigenvalue weighted by Gasteiger charge is 2.30. The summed E-state index contributed by atoms with van der Waals surface area (Å²) in [5, 5.41) is 6.64. The molecule has 0 aromatic heterocycles. The molecule has 1 heterocycles. The van der Waals surface area contributed by atoms with Crippen LogP contribution in [0.1, 0.15) is 11.1 Å². The molecule has 1 aliphatic rings. The summed E-state index contributed by atoms with van der Waals surface area (Å²) in [6.45, 7) is 2.49. The molecule has 0 spiro atoms. The fraction of sp³-hybridized carbons (Fsp3) is 0.136. The number of benzene rings is 3. The number of hydrogen-bond donors (Lipinski definition) is 2. The van der Waals surface area contributed by atoms with E-state index in [0.717, 1.165) is 29.0 Å². The lowest BCUT2D eigenvalue weighted by atomic mass is 10.2. The first-order valence-electron chi connectivity index (χ1n) is 9.29. The van der Waals surface area contributed by atoms with E-state index in [1.165, 1.54) is 9.87 Å². The minimum Gasteiger partial charge on any atom is -0.332 e. The van der Waals surface area contributed by atoms with Crippen LogP contribution in [0.3, 0.4) is 0 Å². The number of nitrogens with zero attached hydrogens (tertiary/aromatic N) is 1. The Morgan fingerprint density at radius 1 is 0.897 bits per heavy atom. The van der Waals surface area contributed by atoms with Gasteiger partial charge in [0, 0.05) is 17.9 Å². The van der Waals surface area contributed by atoms with Gasteiger partial charge in [-0.05, 0) is 73.6 Å². The third-order valence-corrected chi connectivity index (χ3v) is 6.89. The molecule has 0 saturated carbocycles. The first-order valence-corrected chi connectivity index (χ1v) is 11.1. The molecular formula is C22H21N3O2S2. The zero-order valence-electron chi connectivity index (χ0n) is 15.9. The Bertz CT molecular complexity index is 1140. The number of sulfonamides is 1. The van der Waals surface area contributed by atoms with Crippen LogP contribution in [0.4, 0.5) is 17.1 Å². The summed E-state index contributed by atoms with van der Waals surface area (Å²) in [5.74, 6) is 0. The molecule has 0 saturated heterocycles. The number of nitrogens with one attached hydrogen (secondary N) is 2. The summed E-state index contributed by atoms with van der Waals surface area (Å²) in [5.41, 5.74) is 4.60. The summed E-state index contributed by atoms with van der Waals surface area (Å²) in [4.78, 5) is 0.261. The lowest BCUT2D eigenvalue weighted by Gasteiger charge is -2.20. The van der Waals surface area contributed by atoms with Crippen molar-refractivity contribution in [1.29, 1.82) is 0 Å². The number of anilines is 3. The average Bonchev–Trinajstić information content (AvgIpc) is 3.15. The zero-order valence-corrected chi connectivity index (χ0v) is 17.6. The second-order valence-electron chi connectivity index (χ2n) is 6.93. The fourth-order valence-corrected chi connectivity index (χ4v) is 5.06. The fourth-order valence-electron chi connectivity index (χ4n) is 3.33. The van der Waals surface area contributed by atoms with Crippen LogP contribution in [0.2, 0.25) is 0 Å². The van der Waals surface area contributed by atoms with Crippen LogP contribution in [0.25, 0.3) is 0 Å². The Morgan fingerprint density at radius 3 is 2.14 bits per heavy atom. The van der Waals surface area contributed by atoms with Gasteiger partial charge >= 0.3 is 0 Å². The monoisotopic (exact) mass is 423 g/mol. The van der Waals surface area contributed by atoms with Gasteiger partial charge in [0.15, 0.2) is 5.11 Å². The molecule has 29 heavy (non-hydrogen) atoms. The van der Waals surface area contributed by atoms with Crippen LogP contribution in [0.15, 0.2) is 77.7 Å². The van der Waals surface area contributed by atoms with Gasteiger partial charge in [-0.2, -0.15) is 0 Å². The summed E-state index contributed by atoms with van der Waals surface area (Å²) in [6, 6.07) is 22.2. The first-order chi connectivity index (χ1) is 13.9. The Morgan fingerprint density at radius 2 is 1.48 bits per heavy atom. The van der Waals surface area contributed by atoms with Crippen LogP contribution in [-0.2, 0) is 16.4 Å². The highest BCUT2D eigenvalue weighted by Crippen LogP contribution is 2.32. The molecule has 0 fully saturated rings. The van der Waals surface area contributed by atoms with Crippen molar-refractivity contribution in [2.75, 3.05) is 21.5 Å². The van der Waals surface area contributed by atoms with Crippen molar-refractivity contribution in [3.05, 3.63) is 83.9 Å². The van der Waals surface area contributed by atoms with Gasteiger partial charge in [-0.1, -0.05) is 35.9 Å². The highest BCUT2D eigenvalue weighted by atomic mass is 32.2. The molecule has 0 radical (unpaired) electrons. The molecule has 0 atom stereocenters. The van der Waals surface area contributed by atoms with Gasteiger partial charge in [0.25, 0.3) is 10.0 Å². The van der Waals surface area contributed by atoms with Crippen LogP contribution >= 0.6 is 12.2 Å². The molecular weight excluding hydrogens is 402 g/mol. The maximum Gasteiger partial charge on any atom is 0.264 e. The molecule has 7 heteroatoms. The molecule has 148 valence electrons. The lowest BCUT2D eigenvalue weighted by molar-refractivity contribution is 0.592. The van der Waals surface area contributed by atoms with E-state index in [0.29, 0.717) is 11.7 Å². The van der Waals surface area contributed by atoms with Crippen LogP contribution in [0.5, 0.6) is 0 Å². The normalized spacial score (nSPS) is 13.1. The summed E-state index contributed by atoms with van der Waals surface area (Å²) < 4.78 is 27.6. The molecule has 4 rings (SSSR count). The van der Waals surface area contributed by atoms with Crippen molar-refractivity contribution in [3.63, 3.8) is 0 Å². The first kappa shape index (κ1) is 19.4. The van der Waals surface area contributed by atoms with Crippen molar-refractivity contribution < 1.29 is 8.42 Å². The van der Waals surface area contributed by atoms with Crippen molar-refractivity contribution >= 4 is 44.4 Å².